The molecule has 5 rings (SSSR count). The second kappa shape index (κ2) is 17.7. The zero-order valence-corrected chi connectivity index (χ0v) is 25.5. The molecule has 2 unspecified atom stereocenters. The summed E-state index contributed by atoms with van der Waals surface area (Å²) < 4.78 is 21.3. The van der Waals surface area contributed by atoms with E-state index in [-0.39, 0.29) is 18.4 Å². The highest BCUT2D eigenvalue weighted by atomic mass is 35.5. The van der Waals surface area contributed by atoms with Crippen molar-refractivity contribution in [3.63, 3.8) is 0 Å². The molecular formula is C33H37ClO11. The molecule has 242 valence electrons. The maximum Gasteiger partial charge on any atom is 0.340 e. The van der Waals surface area contributed by atoms with Gasteiger partial charge in [-0.3, -0.25) is 4.79 Å². The number of carbonyl (C=O) groups excluding carboxylic acids is 3. The van der Waals surface area contributed by atoms with E-state index in [1.807, 2.05) is 32.0 Å². The third-order valence-corrected chi connectivity index (χ3v) is 7.39. The number of aliphatic hydroxyl groups is 4. The summed E-state index contributed by atoms with van der Waals surface area (Å²) >= 11 is 5.16. The topological polar surface area (TPSA) is 169 Å². The van der Waals surface area contributed by atoms with Crippen LogP contribution in [0, 0.1) is 11.8 Å². The Bertz CT molecular complexity index is 1330. The van der Waals surface area contributed by atoms with Gasteiger partial charge in [0.05, 0.1) is 24.3 Å². The molecule has 11 nitrogen and oxygen atoms in total. The number of rotatable bonds is 5. The molecule has 4 N–H and O–H groups in total. The average molecular weight is 645 g/mol. The first kappa shape index (κ1) is 35.8. The first-order chi connectivity index (χ1) is 21.5. The van der Waals surface area contributed by atoms with Gasteiger partial charge in [0.1, 0.15) is 18.3 Å². The van der Waals surface area contributed by atoms with Crippen molar-refractivity contribution in [2.24, 2.45) is 11.8 Å². The van der Waals surface area contributed by atoms with Gasteiger partial charge < -0.3 is 39.4 Å². The molecule has 2 saturated heterocycles. The van der Waals surface area contributed by atoms with E-state index in [9.17, 15) is 14.4 Å². The van der Waals surface area contributed by atoms with E-state index in [2.05, 4.69) is 4.74 Å². The van der Waals surface area contributed by atoms with Crippen LogP contribution in [-0.4, -0.2) is 87.8 Å². The van der Waals surface area contributed by atoms with Gasteiger partial charge in [-0.1, -0.05) is 80.6 Å². The molecule has 2 aliphatic rings. The number of ether oxygens (including phenoxy) is 4. The highest BCUT2D eigenvalue weighted by Crippen LogP contribution is 2.30. The Hall–Kier alpha value is -3.68. The lowest BCUT2D eigenvalue weighted by molar-refractivity contribution is -0.252. The molecule has 0 saturated carbocycles. The number of hydrogen-bond donors (Lipinski definition) is 4. The predicted octanol–water partition coefficient (Wildman–Crippen LogP) is 3.18. The van der Waals surface area contributed by atoms with Gasteiger partial charge in [0.15, 0.2) is 12.4 Å². The Morgan fingerprint density at radius 2 is 1.13 bits per heavy atom. The quantitative estimate of drug-likeness (QED) is 0.238. The van der Waals surface area contributed by atoms with Crippen LogP contribution in [0.25, 0.3) is 0 Å². The van der Waals surface area contributed by atoms with Crippen LogP contribution in [-0.2, 0) is 18.9 Å². The molecule has 12 heteroatoms. The van der Waals surface area contributed by atoms with E-state index < -0.39 is 54.2 Å². The fourth-order valence-electron chi connectivity index (χ4n) is 4.20. The van der Waals surface area contributed by atoms with Crippen LogP contribution in [0.4, 0.5) is 0 Å². The number of halogens is 1. The summed E-state index contributed by atoms with van der Waals surface area (Å²) in [6.07, 6.45) is -6.83. The van der Waals surface area contributed by atoms with Gasteiger partial charge in [0.25, 0.3) is 5.24 Å². The first-order valence-electron chi connectivity index (χ1n) is 14.2. The first-order valence-corrected chi connectivity index (χ1v) is 14.6. The van der Waals surface area contributed by atoms with Crippen molar-refractivity contribution in [1.82, 2.24) is 0 Å². The minimum absolute atomic E-state index is 0.00927. The molecule has 2 fully saturated rings. The third kappa shape index (κ3) is 10.7. The Kier molecular flexibility index (Phi) is 14.1. The maximum absolute atomic E-state index is 12.4. The zero-order valence-electron chi connectivity index (χ0n) is 24.7. The van der Waals surface area contributed by atoms with E-state index in [1.165, 1.54) is 0 Å². The van der Waals surface area contributed by atoms with Crippen LogP contribution >= 0.6 is 11.6 Å². The minimum atomic E-state index is -1.41. The Balaban J connectivity index is 0.000000236. The van der Waals surface area contributed by atoms with Gasteiger partial charge in [-0.05, 0) is 41.8 Å². The van der Waals surface area contributed by atoms with Gasteiger partial charge >= 0.3 is 11.9 Å². The third-order valence-electron chi connectivity index (χ3n) is 7.17. The smallest absolute Gasteiger partial charge is 0.340 e. The van der Waals surface area contributed by atoms with Gasteiger partial charge in [-0.15, -0.1) is 0 Å². The summed E-state index contributed by atoms with van der Waals surface area (Å²) in [5, 5.41) is 34.8. The van der Waals surface area contributed by atoms with Crippen LogP contribution in [0.2, 0.25) is 0 Å². The van der Waals surface area contributed by atoms with Crippen molar-refractivity contribution in [3.05, 3.63) is 108 Å². The van der Waals surface area contributed by atoms with E-state index in [4.69, 9.17) is 46.2 Å². The largest absolute Gasteiger partial charge is 0.452 e. The molecule has 3 aromatic carbocycles. The normalized spacial score (nSPS) is 27.4. The molecule has 0 bridgehead atoms. The molecule has 8 atom stereocenters. The van der Waals surface area contributed by atoms with E-state index in [1.54, 1.807) is 72.8 Å². The van der Waals surface area contributed by atoms with Crippen molar-refractivity contribution >= 4 is 28.8 Å². The van der Waals surface area contributed by atoms with Gasteiger partial charge in [0, 0.05) is 11.5 Å². The summed E-state index contributed by atoms with van der Waals surface area (Å²) in [6.45, 7) is 4.27. The monoisotopic (exact) mass is 644 g/mol. The molecule has 45 heavy (non-hydrogen) atoms. The number of carbonyl (C=O) groups is 3. The molecule has 0 spiro atoms. The van der Waals surface area contributed by atoms with Crippen molar-refractivity contribution < 1.29 is 53.8 Å². The molecule has 2 heterocycles. The van der Waals surface area contributed by atoms with Gasteiger partial charge in [-0.25, -0.2) is 9.59 Å². The Morgan fingerprint density at radius 3 is 1.58 bits per heavy atom. The summed E-state index contributed by atoms with van der Waals surface area (Å²) in [7, 11) is 0. The van der Waals surface area contributed by atoms with Crippen LogP contribution in [0.5, 0.6) is 0 Å². The lowest BCUT2D eigenvalue weighted by atomic mass is 9.88. The van der Waals surface area contributed by atoms with Gasteiger partial charge in [0.2, 0.25) is 6.29 Å². The molecule has 0 aromatic heterocycles. The number of aliphatic hydroxyl groups excluding tert-OH is 4. The van der Waals surface area contributed by atoms with Crippen LogP contribution in [0.15, 0.2) is 91.0 Å². The standard InChI is InChI=1S/C21H22O5.C7H5ClO.C5H10O5/c1-14-13-24-21(26-20(23)17-11-7-4-8-12-17)18(15(14)2)25-19(22)16-9-5-3-6-10-16;8-7(9)6-4-2-1-3-5-6;6-2-1-10-5(9)4(8)3(2)7/h3-12,14-15,18,21H,13H2,1-2H3;1-5H;2-9H,1H2/t14-,15-,18?,21-;;2-,3-,4?,5+/m0.0/s1. The Labute approximate surface area is 265 Å². The van der Waals surface area contributed by atoms with Crippen LogP contribution in [0.3, 0.4) is 0 Å². The second-order valence-corrected chi connectivity index (χ2v) is 10.8. The predicted molar refractivity (Wildman–Crippen MR) is 162 cm³/mol. The number of esters is 2. The molecule has 3 aromatic rings. The highest BCUT2D eigenvalue weighted by Gasteiger charge is 2.41. The lowest BCUT2D eigenvalue weighted by Gasteiger charge is -2.38. The average Bonchev–Trinajstić information content (AvgIpc) is 3.07. The van der Waals surface area contributed by atoms with E-state index >= 15 is 0 Å². The SMILES string of the molecule is C[C@@H]1C(OC(=O)c2ccccc2)[C@H](OC(=O)c2ccccc2)OC[C@@H]1C.O=C(Cl)c1ccccc1.OC1[C@H](O)OC[C@H](O)[C@@H]1O. The minimum Gasteiger partial charge on any atom is -0.452 e. The van der Waals surface area contributed by atoms with Crippen LogP contribution in [0.1, 0.15) is 44.9 Å². The van der Waals surface area contributed by atoms with E-state index in [0.29, 0.717) is 23.3 Å². The summed E-state index contributed by atoms with van der Waals surface area (Å²) in [6, 6.07) is 26.2. The summed E-state index contributed by atoms with van der Waals surface area (Å²) in [5.41, 5.74) is 1.42. The molecule has 2 aliphatic heterocycles. The molecular weight excluding hydrogens is 608 g/mol. The molecule has 0 amide bonds. The Morgan fingerprint density at radius 1 is 0.667 bits per heavy atom. The zero-order chi connectivity index (χ0) is 32.9. The summed E-state index contributed by atoms with van der Waals surface area (Å²) in [5.74, 6) is -0.792. The van der Waals surface area contributed by atoms with Crippen molar-refractivity contribution in [2.45, 2.75) is 50.8 Å². The fraction of sp³-hybridized carbons (Fsp3) is 0.364. The maximum atomic E-state index is 12.4. The van der Waals surface area contributed by atoms with Crippen molar-refractivity contribution in [3.8, 4) is 0 Å². The van der Waals surface area contributed by atoms with Crippen LogP contribution < -0.4 is 0 Å². The lowest BCUT2D eigenvalue weighted by Crippen LogP contribution is -2.52. The molecule has 0 aliphatic carbocycles. The number of hydrogen-bond acceptors (Lipinski definition) is 11. The second-order valence-electron chi connectivity index (χ2n) is 10.5. The van der Waals surface area contributed by atoms with E-state index in [0.717, 1.165) is 0 Å². The fourth-order valence-corrected chi connectivity index (χ4v) is 4.33. The van der Waals surface area contributed by atoms with Crippen molar-refractivity contribution in [1.29, 1.82) is 0 Å². The summed E-state index contributed by atoms with van der Waals surface area (Å²) in [4.78, 5) is 35.2. The van der Waals surface area contributed by atoms with Crippen molar-refractivity contribution in [2.75, 3.05) is 13.2 Å². The highest BCUT2D eigenvalue weighted by molar-refractivity contribution is 6.67. The number of benzene rings is 3. The molecule has 0 radical (unpaired) electrons. The van der Waals surface area contributed by atoms with Gasteiger partial charge in [-0.2, -0.15) is 0 Å².